The first-order valence-electron chi connectivity index (χ1n) is 11.2. The Bertz CT molecular complexity index is 1460. The van der Waals surface area contributed by atoms with Gasteiger partial charge in [-0.1, -0.05) is 54.2 Å². The fourth-order valence-electron chi connectivity index (χ4n) is 3.76. The molecule has 0 fully saturated rings. The Balaban J connectivity index is 1.21. The molecule has 9 nitrogen and oxygen atoms in total. The van der Waals surface area contributed by atoms with E-state index >= 15 is 0 Å². The van der Waals surface area contributed by atoms with Gasteiger partial charge < -0.3 is 5.32 Å². The van der Waals surface area contributed by atoms with Gasteiger partial charge in [0.2, 0.25) is 5.16 Å². The molecule has 0 atom stereocenters. The van der Waals surface area contributed by atoms with Crippen LogP contribution >= 0.6 is 11.8 Å². The van der Waals surface area contributed by atoms with Crippen LogP contribution in [0.15, 0.2) is 72.4 Å². The molecule has 10 heteroatoms. The van der Waals surface area contributed by atoms with E-state index in [1.165, 1.54) is 18.1 Å². The molecular weight excluding hydrogens is 460 g/mol. The van der Waals surface area contributed by atoms with E-state index in [0.717, 1.165) is 28.1 Å². The molecule has 0 aliphatic heterocycles. The molecule has 0 bridgehead atoms. The lowest BCUT2D eigenvalue weighted by atomic mass is 10.1. The van der Waals surface area contributed by atoms with Crippen LogP contribution in [0.3, 0.4) is 0 Å². The minimum Gasteiger partial charge on any atom is -0.348 e. The maximum absolute atomic E-state index is 13.0. The van der Waals surface area contributed by atoms with Crippen molar-refractivity contribution in [3.8, 4) is 0 Å². The quantitative estimate of drug-likeness (QED) is 0.336. The fourth-order valence-corrected chi connectivity index (χ4v) is 4.58. The molecule has 0 aliphatic rings. The zero-order valence-corrected chi connectivity index (χ0v) is 20.2. The standard InChI is InChI=1S/C25H24N8OS/c1-17-11-18(2)33-24(29-17)30-25(31-33)35-14-21-5-3-4-6-22(21)23(34)27-12-19-7-9-20(10-8-19)13-32-16-26-15-28-32/h3-11,15-16H,12-14H2,1-2H3,(H,27,34). The van der Waals surface area contributed by atoms with Crippen LogP contribution in [0.2, 0.25) is 0 Å². The minimum absolute atomic E-state index is 0.107. The van der Waals surface area contributed by atoms with Gasteiger partial charge in [0.05, 0.1) is 6.54 Å². The highest BCUT2D eigenvalue weighted by molar-refractivity contribution is 7.98. The lowest BCUT2D eigenvalue weighted by molar-refractivity contribution is 0.0950. The average Bonchev–Trinajstić information content (AvgIpc) is 3.52. The third-order valence-corrected chi connectivity index (χ3v) is 6.39. The van der Waals surface area contributed by atoms with Crippen molar-refractivity contribution in [2.45, 2.75) is 37.8 Å². The number of aromatic nitrogens is 7. The van der Waals surface area contributed by atoms with Crippen molar-refractivity contribution in [3.63, 3.8) is 0 Å². The zero-order chi connectivity index (χ0) is 24.2. The monoisotopic (exact) mass is 484 g/mol. The van der Waals surface area contributed by atoms with Crippen molar-refractivity contribution in [1.29, 1.82) is 0 Å². The summed E-state index contributed by atoms with van der Waals surface area (Å²) in [6, 6.07) is 17.7. The second kappa shape index (κ2) is 10.1. The third kappa shape index (κ3) is 5.38. The molecule has 5 rings (SSSR count). The number of fused-ring (bicyclic) bond motifs is 1. The molecule has 0 spiro atoms. The summed E-state index contributed by atoms with van der Waals surface area (Å²) in [5, 5.41) is 12.3. The van der Waals surface area contributed by atoms with Crippen LogP contribution < -0.4 is 5.32 Å². The summed E-state index contributed by atoms with van der Waals surface area (Å²) in [5.41, 5.74) is 5.62. The van der Waals surface area contributed by atoms with Gasteiger partial charge in [-0.05, 0) is 42.7 Å². The molecule has 0 unspecified atom stereocenters. The summed E-state index contributed by atoms with van der Waals surface area (Å²) >= 11 is 1.49. The number of thioether (sulfide) groups is 1. The van der Waals surface area contributed by atoms with E-state index in [0.29, 0.717) is 35.3 Å². The van der Waals surface area contributed by atoms with Gasteiger partial charge in [-0.2, -0.15) is 10.1 Å². The average molecular weight is 485 g/mol. The van der Waals surface area contributed by atoms with Gasteiger partial charge in [-0.15, -0.1) is 5.10 Å². The minimum atomic E-state index is -0.107. The van der Waals surface area contributed by atoms with Crippen LogP contribution in [-0.2, 0) is 18.8 Å². The molecule has 0 saturated carbocycles. The number of nitrogens with zero attached hydrogens (tertiary/aromatic N) is 7. The normalized spacial score (nSPS) is 11.1. The van der Waals surface area contributed by atoms with Gasteiger partial charge in [-0.3, -0.25) is 4.79 Å². The van der Waals surface area contributed by atoms with E-state index in [-0.39, 0.29) is 5.91 Å². The molecule has 0 saturated heterocycles. The number of nitrogens with one attached hydrogen (secondary N) is 1. The summed E-state index contributed by atoms with van der Waals surface area (Å²) in [5.74, 6) is 1.06. The lowest BCUT2D eigenvalue weighted by Gasteiger charge is -2.10. The predicted molar refractivity (Wildman–Crippen MR) is 133 cm³/mol. The van der Waals surface area contributed by atoms with E-state index in [2.05, 4.69) is 30.5 Å². The smallest absolute Gasteiger partial charge is 0.253 e. The van der Waals surface area contributed by atoms with Crippen molar-refractivity contribution in [3.05, 3.63) is 101 Å². The Morgan fingerprint density at radius 1 is 1.03 bits per heavy atom. The maximum atomic E-state index is 13.0. The van der Waals surface area contributed by atoms with Crippen molar-refractivity contribution in [2.24, 2.45) is 0 Å². The Morgan fingerprint density at radius 2 is 1.83 bits per heavy atom. The van der Waals surface area contributed by atoms with Gasteiger partial charge >= 0.3 is 0 Å². The molecule has 3 aromatic heterocycles. The first-order valence-corrected chi connectivity index (χ1v) is 12.1. The van der Waals surface area contributed by atoms with Crippen LogP contribution in [-0.4, -0.2) is 40.3 Å². The summed E-state index contributed by atoms with van der Waals surface area (Å²) in [7, 11) is 0. The number of amides is 1. The molecule has 0 aliphatic carbocycles. The SMILES string of the molecule is Cc1cc(C)n2nc(SCc3ccccc3C(=O)NCc3ccc(Cn4cncn4)cc3)nc2n1. The van der Waals surface area contributed by atoms with Gasteiger partial charge in [0.15, 0.2) is 0 Å². The maximum Gasteiger partial charge on any atom is 0.253 e. The fraction of sp³-hybridized carbons (Fsp3) is 0.200. The molecule has 2 aromatic carbocycles. The molecule has 35 heavy (non-hydrogen) atoms. The number of benzene rings is 2. The van der Waals surface area contributed by atoms with Crippen LogP contribution in [0.1, 0.15) is 38.4 Å². The molecular formula is C25H24N8OS. The number of carbonyl (C=O) groups excluding carboxylic acids is 1. The highest BCUT2D eigenvalue weighted by Crippen LogP contribution is 2.23. The highest BCUT2D eigenvalue weighted by atomic mass is 32.2. The number of carbonyl (C=O) groups is 1. The van der Waals surface area contributed by atoms with E-state index in [4.69, 9.17) is 0 Å². The van der Waals surface area contributed by atoms with Crippen molar-refractivity contribution in [2.75, 3.05) is 0 Å². The van der Waals surface area contributed by atoms with E-state index in [1.54, 1.807) is 15.5 Å². The number of aryl methyl sites for hydroxylation is 2. The number of hydrogen-bond donors (Lipinski definition) is 1. The predicted octanol–water partition coefficient (Wildman–Crippen LogP) is 3.60. The molecule has 5 aromatic rings. The third-order valence-electron chi connectivity index (χ3n) is 5.50. The van der Waals surface area contributed by atoms with Crippen molar-refractivity contribution < 1.29 is 4.79 Å². The molecule has 1 amide bonds. The summed E-state index contributed by atoms with van der Waals surface area (Å²) in [6.07, 6.45) is 3.21. The molecule has 176 valence electrons. The van der Waals surface area contributed by atoms with Crippen molar-refractivity contribution in [1.82, 2.24) is 39.7 Å². The van der Waals surface area contributed by atoms with E-state index < -0.39 is 0 Å². The van der Waals surface area contributed by atoms with Gasteiger partial charge in [0.1, 0.15) is 12.7 Å². The second-order valence-electron chi connectivity index (χ2n) is 8.18. The van der Waals surface area contributed by atoms with Crippen LogP contribution in [0.4, 0.5) is 0 Å². The van der Waals surface area contributed by atoms with Gasteiger partial charge in [0, 0.05) is 29.2 Å². The number of rotatable bonds is 8. The van der Waals surface area contributed by atoms with Gasteiger partial charge in [-0.25, -0.2) is 19.2 Å². The number of hydrogen-bond acceptors (Lipinski definition) is 7. The molecule has 3 heterocycles. The summed E-state index contributed by atoms with van der Waals surface area (Å²) < 4.78 is 3.51. The Morgan fingerprint density at radius 3 is 2.63 bits per heavy atom. The van der Waals surface area contributed by atoms with Gasteiger partial charge in [0.25, 0.3) is 11.7 Å². The summed E-state index contributed by atoms with van der Waals surface area (Å²) in [6.45, 7) is 5.03. The van der Waals surface area contributed by atoms with Crippen LogP contribution in [0.25, 0.3) is 5.78 Å². The Labute approximate surface area is 206 Å². The largest absolute Gasteiger partial charge is 0.348 e. The van der Waals surface area contributed by atoms with E-state index in [9.17, 15) is 4.79 Å². The molecule has 0 radical (unpaired) electrons. The zero-order valence-electron chi connectivity index (χ0n) is 19.4. The highest BCUT2D eigenvalue weighted by Gasteiger charge is 2.13. The lowest BCUT2D eigenvalue weighted by Crippen LogP contribution is -2.23. The summed E-state index contributed by atoms with van der Waals surface area (Å²) in [4.78, 5) is 25.9. The van der Waals surface area contributed by atoms with Crippen LogP contribution in [0.5, 0.6) is 0 Å². The van der Waals surface area contributed by atoms with Crippen LogP contribution in [0, 0.1) is 13.8 Å². The second-order valence-corrected chi connectivity index (χ2v) is 9.13. The first kappa shape index (κ1) is 22.7. The topological polar surface area (TPSA) is 103 Å². The Hall–Kier alpha value is -4.05. The van der Waals surface area contributed by atoms with E-state index in [1.807, 2.05) is 68.4 Å². The Kier molecular flexibility index (Phi) is 6.53. The first-order chi connectivity index (χ1) is 17.0. The molecule has 1 N–H and O–H groups in total. The van der Waals surface area contributed by atoms with Crippen molar-refractivity contribution >= 4 is 23.4 Å².